The number of methoxy groups -OCH3 is 1. The molecule has 3 aromatic rings. The molecule has 2 aliphatic rings. The zero-order chi connectivity index (χ0) is 23.1. The van der Waals surface area contributed by atoms with Crippen LogP contribution in [-0.2, 0) is 12.8 Å². The predicted molar refractivity (Wildman–Crippen MR) is 126 cm³/mol. The summed E-state index contributed by atoms with van der Waals surface area (Å²) in [6.45, 7) is 9.55. The van der Waals surface area contributed by atoms with Gasteiger partial charge in [0.05, 0.1) is 30.3 Å². The number of carbonyl (C=O) groups excluding carboxylic acids is 1. The summed E-state index contributed by atoms with van der Waals surface area (Å²) in [6, 6.07) is 6.63. The van der Waals surface area contributed by atoms with Crippen LogP contribution >= 0.6 is 0 Å². The number of benzene rings is 1. The highest BCUT2D eigenvalue weighted by Gasteiger charge is 2.27. The molecule has 1 aliphatic carbocycles. The lowest BCUT2D eigenvalue weighted by atomic mass is 9.90. The summed E-state index contributed by atoms with van der Waals surface area (Å²) in [5.74, 6) is 1.31. The molecule has 3 heterocycles. The van der Waals surface area contributed by atoms with Crippen LogP contribution in [0.15, 0.2) is 30.6 Å². The minimum absolute atomic E-state index is 0.0233. The topological polar surface area (TPSA) is 76.4 Å². The van der Waals surface area contributed by atoms with Gasteiger partial charge in [0.1, 0.15) is 5.75 Å². The third kappa shape index (κ3) is 3.88. The van der Waals surface area contributed by atoms with E-state index in [9.17, 15) is 4.79 Å². The van der Waals surface area contributed by atoms with Crippen molar-refractivity contribution in [3.8, 4) is 23.0 Å². The zero-order valence-electron chi connectivity index (χ0n) is 19.7. The molecule has 0 N–H and O–H groups in total. The smallest absolute Gasteiger partial charge is 0.257 e. The Morgan fingerprint density at radius 1 is 1.06 bits per heavy atom. The standard InChI is InChI=1S/C25H30N6O2/c1-16(2)29-9-11-30(12-10-29)24(32)22-15-27-31(17(22)3)25-26-14-19-6-5-18-7-8-20(33-4)13-21(18)23(19)28-25/h7-8,13-16H,5-6,9-12H2,1-4H3. The maximum Gasteiger partial charge on any atom is 0.257 e. The summed E-state index contributed by atoms with van der Waals surface area (Å²) in [5.41, 5.74) is 5.71. The van der Waals surface area contributed by atoms with Crippen LogP contribution < -0.4 is 4.74 Å². The molecule has 8 nitrogen and oxygen atoms in total. The number of hydrogen-bond donors (Lipinski definition) is 0. The molecular formula is C25H30N6O2. The van der Waals surface area contributed by atoms with Gasteiger partial charge in [0, 0.05) is 44.0 Å². The van der Waals surface area contributed by atoms with Crippen molar-refractivity contribution in [3.05, 3.63) is 53.0 Å². The Balaban J connectivity index is 1.43. The van der Waals surface area contributed by atoms with E-state index in [1.165, 1.54) is 5.56 Å². The van der Waals surface area contributed by atoms with Crippen molar-refractivity contribution >= 4 is 5.91 Å². The van der Waals surface area contributed by atoms with Gasteiger partial charge in [0.15, 0.2) is 0 Å². The molecule has 1 fully saturated rings. The van der Waals surface area contributed by atoms with Crippen molar-refractivity contribution in [2.24, 2.45) is 0 Å². The number of aryl methyl sites for hydroxylation is 2. The number of ether oxygens (including phenoxy) is 1. The van der Waals surface area contributed by atoms with Crippen LogP contribution in [0.2, 0.25) is 0 Å². The summed E-state index contributed by atoms with van der Waals surface area (Å²) >= 11 is 0. The number of aromatic nitrogens is 4. The highest BCUT2D eigenvalue weighted by molar-refractivity contribution is 5.95. The Morgan fingerprint density at radius 3 is 2.55 bits per heavy atom. The summed E-state index contributed by atoms with van der Waals surface area (Å²) in [6.07, 6.45) is 5.39. The van der Waals surface area contributed by atoms with Gasteiger partial charge in [-0.1, -0.05) is 6.07 Å². The van der Waals surface area contributed by atoms with Crippen LogP contribution in [0.5, 0.6) is 5.75 Å². The normalized spacial score (nSPS) is 16.0. The lowest BCUT2D eigenvalue weighted by Gasteiger charge is -2.36. The van der Waals surface area contributed by atoms with Crippen LogP contribution in [0, 0.1) is 6.92 Å². The van der Waals surface area contributed by atoms with Crippen LogP contribution in [0.3, 0.4) is 0 Å². The van der Waals surface area contributed by atoms with Gasteiger partial charge in [-0.05, 0) is 56.9 Å². The van der Waals surface area contributed by atoms with Gasteiger partial charge in [0.25, 0.3) is 11.9 Å². The second kappa shape index (κ2) is 8.59. The van der Waals surface area contributed by atoms with Crippen LogP contribution in [0.4, 0.5) is 0 Å². The van der Waals surface area contributed by atoms with Crippen molar-refractivity contribution in [3.63, 3.8) is 0 Å². The van der Waals surface area contributed by atoms with Crippen molar-refractivity contribution in [2.75, 3.05) is 33.3 Å². The number of piperazine rings is 1. The molecular weight excluding hydrogens is 416 g/mol. The Morgan fingerprint density at radius 2 is 1.82 bits per heavy atom. The molecule has 0 saturated carbocycles. The molecule has 2 aromatic heterocycles. The van der Waals surface area contributed by atoms with E-state index in [1.807, 2.05) is 30.2 Å². The number of carbonyl (C=O) groups is 1. The van der Waals surface area contributed by atoms with Crippen molar-refractivity contribution in [1.29, 1.82) is 0 Å². The van der Waals surface area contributed by atoms with E-state index in [2.05, 4.69) is 34.9 Å². The third-order valence-corrected chi connectivity index (χ3v) is 6.85. The van der Waals surface area contributed by atoms with Crippen molar-refractivity contribution in [1.82, 2.24) is 29.5 Å². The van der Waals surface area contributed by atoms with E-state index in [0.717, 1.165) is 67.3 Å². The quantitative estimate of drug-likeness (QED) is 0.613. The van der Waals surface area contributed by atoms with Crippen LogP contribution in [0.1, 0.15) is 41.0 Å². The first-order valence-electron chi connectivity index (χ1n) is 11.6. The molecule has 8 heteroatoms. The van der Waals surface area contributed by atoms with E-state index >= 15 is 0 Å². The van der Waals surface area contributed by atoms with Gasteiger partial charge in [0.2, 0.25) is 0 Å². The van der Waals surface area contributed by atoms with E-state index in [-0.39, 0.29) is 5.91 Å². The number of hydrogen-bond acceptors (Lipinski definition) is 6. The SMILES string of the molecule is COc1ccc2c(c1)-c1nc(-n3ncc(C(=O)N4CCN(C(C)C)CC4)c3C)ncc1CC2. The minimum Gasteiger partial charge on any atom is -0.497 e. The molecule has 172 valence electrons. The van der Waals surface area contributed by atoms with Gasteiger partial charge in [-0.25, -0.2) is 14.6 Å². The van der Waals surface area contributed by atoms with Crippen molar-refractivity contribution < 1.29 is 9.53 Å². The predicted octanol–water partition coefficient (Wildman–Crippen LogP) is 2.91. The molecule has 0 atom stereocenters. The zero-order valence-corrected chi connectivity index (χ0v) is 19.7. The number of nitrogens with zero attached hydrogens (tertiary/aromatic N) is 6. The van der Waals surface area contributed by atoms with Gasteiger partial charge in [-0.3, -0.25) is 9.69 Å². The number of fused-ring (bicyclic) bond motifs is 3. The molecule has 33 heavy (non-hydrogen) atoms. The monoisotopic (exact) mass is 446 g/mol. The molecule has 1 aliphatic heterocycles. The second-order valence-corrected chi connectivity index (χ2v) is 9.04. The summed E-state index contributed by atoms with van der Waals surface area (Å²) in [7, 11) is 1.67. The Bertz CT molecular complexity index is 1190. The highest BCUT2D eigenvalue weighted by atomic mass is 16.5. The van der Waals surface area contributed by atoms with Crippen LogP contribution in [-0.4, -0.2) is 74.8 Å². The summed E-state index contributed by atoms with van der Waals surface area (Å²) < 4.78 is 7.10. The van der Waals surface area contributed by atoms with Gasteiger partial charge in [-0.2, -0.15) is 5.10 Å². The fraction of sp³-hybridized carbons (Fsp3) is 0.440. The van der Waals surface area contributed by atoms with Crippen LogP contribution in [0.25, 0.3) is 17.2 Å². The number of amides is 1. The molecule has 0 radical (unpaired) electrons. The summed E-state index contributed by atoms with van der Waals surface area (Å²) in [5, 5.41) is 4.49. The van der Waals surface area contributed by atoms with Gasteiger partial charge < -0.3 is 9.64 Å². The second-order valence-electron chi connectivity index (χ2n) is 9.04. The van der Waals surface area contributed by atoms with E-state index < -0.39 is 0 Å². The molecule has 0 spiro atoms. The average Bonchev–Trinajstić information content (AvgIpc) is 3.23. The fourth-order valence-corrected chi connectivity index (χ4v) is 4.74. The maximum atomic E-state index is 13.2. The molecule has 0 bridgehead atoms. The average molecular weight is 447 g/mol. The first-order valence-corrected chi connectivity index (χ1v) is 11.6. The minimum atomic E-state index is 0.0233. The fourth-order valence-electron chi connectivity index (χ4n) is 4.74. The van der Waals surface area contributed by atoms with Crippen molar-refractivity contribution in [2.45, 2.75) is 39.7 Å². The summed E-state index contributed by atoms with van der Waals surface area (Å²) in [4.78, 5) is 27.0. The third-order valence-electron chi connectivity index (χ3n) is 6.85. The van der Waals surface area contributed by atoms with Gasteiger partial charge >= 0.3 is 0 Å². The van der Waals surface area contributed by atoms with E-state index in [0.29, 0.717) is 17.6 Å². The molecule has 5 rings (SSSR count). The molecule has 1 saturated heterocycles. The first-order chi connectivity index (χ1) is 16.0. The van der Waals surface area contributed by atoms with Gasteiger partial charge in [-0.15, -0.1) is 0 Å². The molecule has 1 amide bonds. The Labute approximate surface area is 194 Å². The Hall–Kier alpha value is -3.26. The Kier molecular flexibility index (Phi) is 5.62. The maximum absolute atomic E-state index is 13.2. The van der Waals surface area contributed by atoms with E-state index in [1.54, 1.807) is 18.0 Å². The lowest BCUT2D eigenvalue weighted by molar-refractivity contribution is 0.0595. The first kappa shape index (κ1) is 21.6. The van der Waals surface area contributed by atoms with E-state index in [4.69, 9.17) is 9.72 Å². The highest BCUT2D eigenvalue weighted by Crippen LogP contribution is 2.34. The lowest BCUT2D eigenvalue weighted by Crippen LogP contribution is -2.50. The largest absolute Gasteiger partial charge is 0.497 e. The molecule has 1 aromatic carbocycles. The number of rotatable bonds is 4. The molecule has 0 unspecified atom stereocenters.